The average Bonchev–Trinajstić information content (AvgIpc) is 3.87. The first-order valence-electron chi connectivity index (χ1n) is 23.1. The van der Waals surface area contributed by atoms with Gasteiger partial charge in [0, 0.05) is 38.5 Å². The van der Waals surface area contributed by atoms with Gasteiger partial charge in [0.2, 0.25) is 0 Å². The van der Waals surface area contributed by atoms with Gasteiger partial charge in [0.1, 0.15) is 11.2 Å². The normalized spacial score (nSPS) is 14.5. The molecule has 2 heteroatoms. The Morgan fingerprint density at radius 1 is 0.409 bits per heavy atom. The summed E-state index contributed by atoms with van der Waals surface area (Å²) in [6.07, 6.45) is 0. The molecule has 0 saturated carbocycles. The van der Waals surface area contributed by atoms with Gasteiger partial charge in [-0.05, 0) is 125 Å². The van der Waals surface area contributed by atoms with Gasteiger partial charge in [-0.2, -0.15) is 0 Å². The lowest BCUT2D eigenvalue weighted by Crippen LogP contribution is -2.31. The molecule has 310 valence electrons. The molecular formula is C64H43NO. The van der Waals surface area contributed by atoms with Crippen LogP contribution >= 0.6 is 0 Å². The lowest BCUT2D eigenvalue weighted by Gasteiger charge is -2.42. The summed E-state index contributed by atoms with van der Waals surface area (Å²) in [7, 11) is 0. The molecular weight excluding hydrogens is 799 g/mol. The van der Waals surface area contributed by atoms with Crippen molar-refractivity contribution in [2.45, 2.75) is 25.3 Å². The van der Waals surface area contributed by atoms with Gasteiger partial charge in [-0.3, -0.25) is 0 Å². The Balaban J connectivity index is 0.940. The molecule has 15 rings (SSSR count). The molecule has 0 spiro atoms. The van der Waals surface area contributed by atoms with Crippen LogP contribution in [0.15, 0.2) is 223 Å². The SMILES string of the molecule is CC1(C)c2ccccc2-c2cccc(-c3ccc4cc3[C@H]4N(c3ccc(-c4cccc5c4ccc4ccccc45)cc3)c3ccccc3-c3ccc4oc5c6ccccc6ccc5c4c3)c21. The zero-order valence-electron chi connectivity index (χ0n) is 36.7. The topological polar surface area (TPSA) is 16.4 Å². The molecule has 0 radical (unpaired) electrons. The maximum Gasteiger partial charge on any atom is 0.143 e. The summed E-state index contributed by atoms with van der Waals surface area (Å²) in [6, 6.07) is 80.9. The Morgan fingerprint density at radius 3 is 1.88 bits per heavy atom. The van der Waals surface area contributed by atoms with E-state index in [0.717, 1.165) is 44.3 Å². The molecule has 1 heterocycles. The Hall–Kier alpha value is -8.20. The first kappa shape index (κ1) is 37.2. The number of fused-ring (bicyclic) bond motifs is 13. The van der Waals surface area contributed by atoms with Crippen LogP contribution in [0.1, 0.15) is 42.1 Å². The maximum absolute atomic E-state index is 6.60. The van der Waals surface area contributed by atoms with E-state index in [2.05, 4.69) is 237 Å². The summed E-state index contributed by atoms with van der Waals surface area (Å²) in [5, 5.41) is 9.66. The third-order valence-corrected chi connectivity index (χ3v) is 14.9. The Bertz CT molecular complexity index is 3980. The van der Waals surface area contributed by atoms with Crippen molar-refractivity contribution in [3.05, 3.63) is 241 Å². The fraction of sp³-hybridized carbons (Fsp3) is 0.0625. The van der Waals surface area contributed by atoms with E-state index in [9.17, 15) is 0 Å². The van der Waals surface area contributed by atoms with Gasteiger partial charge in [0.15, 0.2) is 0 Å². The summed E-state index contributed by atoms with van der Waals surface area (Å²) >= 11 is 0. The number of hydrogen-bond acceptors (Lipinski definition) is 2. The third-order valence-electron chi connectivity index (χ3n) is 14.9. The van der Waals surface area contributed by atoms with E-state index in [4.69, 9.17) is 4.42 Å². The lowest BCUT2D eigenvalue weighted by atomic mass is 9.74. The van der Waals surface area contributed by atoms with Gasteiger partial charge in [-0.15, -0.1) is 0 Å². The first-order valence-corrected chi connectivity index (χ1v) is 23.1. The van der Waals surface area contributed by atoms with Gasteiger partial charge < -0.3 is 9.32 Å². The molecule has 0 unspecified atom stereocenters. The minimum absolute atomic E-state index is 0.00789. The summed E-state index contributed by atoms with van der Waals surface area (Å²) < 4.78 is 6.60. The Morgan fingerprint density at radius 2 is 1.05 bits per heavy atom. The van der Waals surface area contributed by atoms with Crippen molar-refractivity contribution in [2.24, 2.45) is 0 Å². The van der Waals surface area contributed by atoms with Crippen molar-refractivity contribution in [3.8, 4) is 44.5 Å². The molecule has 2 bridgehead atoms. The fourth-order valence-electron chi connectivity index (χ4n) is 11.8. The van der Waals surface area contributed by atoms with Crippen LogP contribution in [0.25, 0.3) is 98.8 Å². The predicted molar refractivity (Wildman–Crippen MR) is 277 cm³/mol. The summed E-state index contributed by atoms with van der Waals surface area (Å²) in [5.74, 6) is 0. The molecule has 0 amide bonds. The largest absolute Gasteiger partial charge is 0.455 e. The second-order valence-electron chi connectivity index (χ2n) is 18.7. The molecule has 1 atom stereocenters. The number of anilines is 2. The molecule has 0 fully saturated rings. The number of hydrogen-bond donors (Lipinski definition) is 0. The zero-order chi connectivity index (χ0) is 43.7. The highest BCUT2D eigenvalue weighted by molar-refractivity contribution is 6.16. The minimum atomic E-state index is -0.134. The van der Waals surface area contributed by atoms with Crippen LogP contribution in [0.2, 0.25) is 0 Å². The van der Waals surface area contributed by atoms with Crippen molar-refractivity contribution in [1.82, 2.24) is 0 Å². The van der Waals surface area contributed by atoms with Crippen LogP contribution < -0.4 is 4.90 Å². The number of para-hydroxylation sites is 1. The molecule has 0 N–H and O–H groups in total. The lowest BCUT2D eigenvalue weighted by molar-refractivity contribution is 0.661. The Labute approximate surface area is 383 Å². The number of rotatable bonds is 6. The average molecular weight is 842 g/mol. The number of furan rings is 1. The van der Waals surface area contributed by atoms with Crippen LogP contribution in [0, 0.1) is 0 Å². The van der Waals surface area contributed by atoms with Crippen LogP contribution in [-0.2, 0) is 5.41 Å². The fourth-order valence-corrected chi connectivity index (χ4v) is 11.8. The van der Waals surface area contributed by atoms with Crippen molar-refractivity contribution >= 4 is 65.6 Å². The van der Waals surface area contributed by atoms with E-state index in [1.807, 2.05) is 0 Å². The van der Waals surface area contributed by atoms with E-state index in [1.165, 1.54) is 88.1 Å². The molecule has 0 aliphatic heterocycles. The standard InChI is InChI=1S/C64H43NO/c1-64(2)58-23-9-7-18-52(58)54-22-12-21-53(61(54)64)51-34-29-43-38-57(51)62(43)65(44-31-25-41(26-32-44)46-19-11-20-49-45-15-5-3-13-39(45)27-33-50(46)49)59-24-10-8-16-47(59)42-30-36-60-56(37-42)55-35-28-40-14-4-6-17-48(40)63(55)66-60/h3-38,62H,1-2H3/t62-/m0/s1. The molecule has 12 aromatic rings. The second kappa shape index (κ2) is 13.9. The first-order chi connectivity index (χ1) is 32.5. The highest BCUT2D eigenvalue weighted by atomic mass is 16.3. The molecule has 3 aliphatic carbocycles. The van der Waals surface area contributed by atoms with E-state index < -0.39 is 0 Å². The van der Waals surface area contributed by atoms with Crippen LogP contribution in [-0.4, -0.2) is 0 Å². The van der Waals surface area contributed by atoms with Gasteiger partial charge >= 0.3 is 0 Å². The van der Waals surface area contributed by atoms with Gasteiger partial charge in [0.05, 0.1) is 6.04 Å². The molecule has 1 aromatic heterocycles. The molecule has 0 saturated heterocycles. The van der Waals surface area contributed by atoms with Crippen LogP contribution in [0.3, 0.4) is 0 Å². The van der Waals surface area contributed by atoms with E-state index in [0.29, 0.717) is 0 Å². The van der Waals surface area contributed by atoms with Crippen molar-refractivity contribution in [1.29, 1.82) is 0 Å². The van der Waals surface area contributed by atoms with Crippen molar-refractivity contribution < 1.29 is 4.42 Å². The van der Waals surface area contributed by atoms with E-state index in [1.54, 1.807) is 0 Å². The highest BCUT2D eigenvalue weighted by Crippen LogP contribution is 2.56. The van der Waals surface area contributed by atoms with E-state index in [-0.39, 0.29) is 11.5 Å². The zero-order valence-corrected chi connectivity index (χ0v) is 36.7. The summed E-state index contributed by atoms with van der Waals surface area (Å²) in [5.41, 5.74) is 19.5. The van der Waals surface area contributed by atoms with Crippen LogP contribution in [0.5, 0.6) is 0 Å². The monoisotopic (exact) mass is 841 g/mol. The number of benzene rings is 11. The predicted octanol–water partition coefficient (Wildman–Crippen LogP) is 17.6. The molecule has 66 heavy (non-hydrogen) atoms. The van der Waals surface area contributed by atoms with E-state index >= 15 is 0 Å². The highest BCUT2D eigenvalue weighted by Gasteiger charge is 2.40. The summed E-state index contributed by atoms with van der Waals surface area (Å²) in [4.78, 5) is 2.60. The van der Waals surface area contributed by atoms with Crippen molar-refractivity contribution in [2.75, 3.05) is 4.90 Å². The summed E-state index contributed by atoms with van der Waals surface area (Å²) in [6.45, 7) is 4.78. The quantitative estimate of drug-likeness (QED) is 0.155. The second-order valence-corrected chi connectivity index (χ2v) is 18.7. The van der Waals surface area contributed by atoms with Gasteiger partial charge in [-0.1, -0.05) is 196 Å². The minimum Gasteiger partial charge on any atom is -0.455 e. The van der Waals surface area contributed by atoms with Crippen molar-refractivity contribution in [3.63, 3.8) is 0 Å². The smallest absolute Gasteiger partial charge is 0.143 e. The number of nitrogens with zero attached hydrogens (tertiary/aromatic N) is 1. The van der Waals surface area contributed by atoms with Gasteiger partial charge in [-0.25, -0.2) is 0 Å². The molecule has 11 aromatic carbocycles. The van der Waals surface area contributed by atoms with Gasteiger partial charge in [0.25, 0.3) is 0 Å². The molecule has 3 aliphatic rings. The maximum atomic E-state index is 6.60. The van der Waals surface area contributed by atoms with Crippen LogP contribution in [0.4, 0.5) is 11.4 Å². The molecule has 2 nitrogen and oxygen atoms in total. The third kappa shape index (κ3) is 5.30. The Kier molecular flexibility index (Phi) is 7.83.